The van der Waals surface area contributed by atoms with Gasteiger partial charge in [0.05, 0.1) is 23.3 Å². The molecule has 3 heterocycles. The number of carbonyl (C=O) groups excluding carboxylic acids is 2. The molecule has 0 radical (unpaired) electrons. The number of anilines is 2. The number of rotatable bonds is 4. The van der Waals surface area contributed by atoms with Gasteiger partial charge in [0.1, 0.15) is 0 Å². The highest BCUT2D eigenvalue weighted by Crippen LogP contribution is 2.47. The van der Waals surface area contributed by atoms with Crippen LogP contribution < -0.4 is 10.2 Å². The molecule has 164 valence electrons. The van der Waals surface area contributed by atoms with E-state index in [2.05, 4.69) is 26.2 Å². The molecule has 2 N–H and O–H groups in total. The Labute approximate surface area is 194 Å². The Morgan fingerprint density at radius 3 is 2.94 bits per heavy atom. The number of carboxylic acid groups (broad SMARTS) is 1. The molecule has 2 aromatic rings. The topological polar surface area (TPSA) is 112 Å². The van der Waals surface area contributed by atoms with Crippen molar-refractivity contribution in [1.82, 2.24) is 9.88 Å². The van der Waals surface area contributed by atoms with Crippen LogP contribution in [0.4, 0.5) is 20.4 Å². The number of benzene rings is 1. The van der Waals surface area contributed by atoms with Crippen LogP contribution in [0, 0.1) is 0 Å². The van der Waals surface area contributed by atoms with E-state index in [9.17, 15) is 14.4 Å². The number of nitrogens with one attached hydrogen (secondary N) is 1. The standard InChI is InChI=1S/C19H19BrN4O5S2/c1-29-18(28)23-5-4-19(9-23)10-24(13-3-2-11(20)6-12(13)19)17(27)22-16-21-7-15(31-16)30-8-14(25)26/h2-3,6-7H,4-5,8-10H2,1H3,(H,25,26)(H,21,22,27)/t19-/m1/s1. The first-order chi connectivity index (χ1) is 14.8. The van der Waals surface area contributed by atoms with Gasteiger partial charge >= 0.3 is 18.1 Å². The lowest BCUT2D eigenvalue weighted by Crippen LogP contribution is -2.41. The van der Waals surface area contributed by atoms with Crippen molar-refractivity contribution in [3.8, 4) is 0 Å². The number of thioether (sulfide) groups is 1. The zero-order valence-corrected chi connectivity index (χ0v) is 19.7. The van der Waals surface area contributed by atoms with Crippen molar-refractivity contribution >= 4 is 67.9 Å². The average molecular weight is 527 g/mol. The van der Waals surface area contributed by atoms with Crippen molar-refractivity contribution in [2.24, 2.45) is 0 Å². The molecule has 2 aliphatic heterocycles. The van der Waals surface area contributed by atoms with Gasteiger partial charge in [0, 0.05) is 35.2 Å². The lowest BCUT2D eigenvalue weighted by Gasteiger charge is -2.25. The summed E-state index contributed by atoms with van der Waals surface area (Å²) in [5.41, 5.74) is 1.44. The Hall–Kier alpha value is -2.31. The number of methoxy groups -OCH3 is 1. The molecule has 0 aliphatic carbocycles. The molecule has 1 saturated heterocycles. The van der Waals surface area contributed by atoms with Crippen LogP contribution in [-0.4, -0.2) is 65.6 Å². The number of nitrogens with zero attached hydrogens (tertiary/aromatic N) is 3. The van der Waals surface area contributed by atoms with E-state index in [0.29, 0.717) is 29.0 Å². The molecule has 9 nitrogen and oxygen atoms in total. The molecule has 1 spiro atoms. The molecule has 31 heavy (non-hydrogen) atoms. The van der Waals surface area contributed by atoms with Crippen LogP contribution >= 0.6 is 39.0 Å². The quantitative estimate of drug-likeness (QED) is 0.581. The second-order valence-electron chi connectivity index (χ2n) is 7.27. The highest BCUT2D eigenvalue weighted by molar-refractivity contribution is 9.10. The zero-order chi connectivity index (χ0) is 22.2. The third-order valence-corrected chi connectivity index (χ3v) is 7.93. The van der Waals surface area contributed by atoms with Crippen LogP contribution in [0.3, 0.4) is 0 Å². The molecule has 1 aromatic carbocycles. The van der Waals surface area contributed by atoms with Crippen molar-refractivity contribution in [1.29, 1.82) is 0 Å². The maximum Gasteiger partial charge on any atom is 0.409 e. The second kappa shape index (κ2) is 8.67. The number of hydrogen-bond acceptors (Lipinski definition) is 7. The van der Waals surface area contributed by atoms with E-state index >= 15 is 0 Å². The van der Waals surface area contributed by atoms with E-state index in [1.165, 1.54) is 18.4 Å². The molecule has 1 fully saturated rings. The third kappa shape index (κ3) is 4.37. The van der Waals surface area contributed by atoms with Gasteiger partial charge in [0.2, 0.25) is 0 Å². The molecule has 0 bridgehead atoms. The number of halogens is 1. The third-order valence-electron chi connectivity index (χ3n) is 5.35. The fourth-order valence-electron chi connectivity index (χ4n) is 4.00. The molecule has 2 aliphatic rings. The minimum atomic E-state index is -0.910. The van der Waals surface area contributed by atoms with Crippen molar-refractivity contribution in [3.05, 3.63) is 34.4 Å². The van der Waals surface area contributed by atoms with Crippen molar-refractivity contribution in [2.75, 3.05) is 42.7 Å². The summed E-state index contributed by atoms with van der Waals surface area (Å²) < 4.78 is 6.50. The Morgan fingerprint density at radius 1 is 1.39 bits per heavy atom. The Bertz CT molecular complexity index is 1050. The Balaban J connectivity index is 1.54. The fraction of sp³-hybridized carbons (Fsp3) is 0.368. The van der Waals surface area contributed by atoms with Gasteiger partial charge in [-0.05, 0) is 30.2 Å². The number of carboxylic acids is 1. The first kappa shape index (κ1) is 21.9. The molecule has 0 saturated carbocycles. The summed E-state index contributed by atoms with van der Waals surface area (Å²) in [4.78, 5) is 43.4. The van der Waals surface area contributed by atoms with Gasteiger partial charge in [-0.25, -0.2) is 14.6 Å². The van der Waals surface area contributed by atoms with E-state index in [1.807, 2.05) is 18.2 Å². The lowest BCUT2D eigenvalue weighted by atomic mass is 9.82. The second-order valence-corrected chi connectivity index (χ2v) is 10.5. The van der Waals surface area contributed by atoms with Crippen LogP contribution in [0.2, 0.25) is 0 Å². The lowest BCUT2D eigenvalue weighted by molar-refractivity contribution is -0.133. The van der Waals surface area contributed by atoms with E-state index in [-0.39, 0.29) is 23.3 Å². The maximum absolute atomic E-state index is 13.1. The number of ether oxygens (including phenoxy) is 1. The van der Waals surface area contributed by atoms with E-state index in [0.717, 1.165) is 33.9 Å². The van der Waals surface area contributed by atoms with Gasteiger partial charge in [-0.2, -0.15) is 0 Å². The number of aromatic nitrogens is 1. The predicted molar refractivity (Wildman–Crippen MR) is 121 cm³/mol. The summed E-state index contributed by atoms with van der Waals surface area (Å²) in [6.45, 7) is 1.47. The van der Waals surface area contributed by atoms with Gasteiger partial charge < -0.3 is 14.7 Å². The maximum atomic E-state index is 13.1. The number of likely N-dealkylation sites (tertiary alicyclic amines) is 1. The first-order valence-corrected chi connectivity index (χ1v) is 11.9. The van der Waals surface area contributed by atoms with Gasteiger partial charge in [-0.3, -0.25) is 15.0 Å². The number of carbonyl (C=O) groups is 3. The summed E-state index contributed by atoms with van der Waals surface area (Å²) in [5, 5.41) is 12.0. The van der Waals surface area contributed by atoms with Crippen LogP contribution in [0.1, 0.15) is 12.0 Å². The summed E-state index contributed by atoms with van der Waals surface area (Å²) in [6.07, 6.45) is 1.91. The number of fused-ring (bicyclic) bond motifs is 2. The number of amides is 3. The van der Waals surface area contributed by atoms with E-state index < -0.39 is 5.97 Å². The first-order valence-electron chi connectivity index (χ1n) is 9.33. The van der Waals surface area contributed by atoms with E-state index in [4.69, 9.17) is 9.84 Å². The summed E-state index contributed by atoms with van der Waals surface area (Å²) >= 11 is 5.90. The molecule has 1 aromatic heterocycles. The highest BCUT2D eigenvalue weighted by atomic mass is 79.9. The Morgan fingerprint density at radius 2 is 2.19 bits per heavy atom. The van der Waals surface area contributed by atoms with Crippen LogP contribution in [0.15, 0.2) is 33.1 Å². The number of thiazole rings is 1. The number of hydrogen-bond donors (Lipinski definition) is 2. The molecule has 0 unspecified atom stereocenters. The molecular formula is C19H19BrN4O5S2. The molecule has 3 amide bonds. The average Bonchev–Trinajstić information content (AvgIpc) is 3.45. The van der Waals surface area contributed by atoms with Crippen molar-refractivity contribution in [2.45, 2.75) is 16.0 Å². The summed E-state index contributed by atoms with van der Waals surface area (Å²) in [6, 6.07) is 5.47. The molecule has 12 heteroatoms. The predicted octanol–water partition coefficient (Wildman–Crippen LogP) is 3.84. The minimum Gasteiger partial charge on any atom is -0.481 e. The molecule has 1 atom stereocenters. The molecular weight excluding hydrogens is 508 g/mol. The summed E-state index contributed by atoms with van der Waals surface area (Å²) in [5.74, 6) is -0.977. The van der Waals surface area contributed by atoms with Crippen LogP contribution in [-0.2, 0) is 14.9 Å². The number of urea groups is 1. The van der Waals surface area contributed by atoms with Gasteiger partial charge in [0.25, 0.3) is 0 Å². The van der Waals surface area contributed by atoms with Crippen LogP contribution in [0.25, 0.3) is 0 Å². The normalized spacial score (nSPS) is 19.5. The van der Waals surface area contributed by atoms with Crippen LogP contribution in [0.5, 0.6) is 0 Å². The number of aliphatic carboxylic acids is 1. The monoisotopic (exact) mass is 526 g/mol. The fourth-order valence-corrected chi connectivity index (χ4v) is 5.95. The molecule has 4 rings (SSSR count). The van der Waals surface area contributed by atoms with E-state index in [1.54, 1.807) is 16.0 Å². The van der Waals surface area contributed by atoms with Gasteiger partial charge in [-0.15, -0.1) is 11.8 Å². The zero-order valence-electron chi connectivity index (χ0n) is 16.5. The van der Waals surface area contributed by atoms with Crippen molar-refractivity contribution in [3.63, 3.8) is 0 Å². The largest absolute Gasteiger partial charge is 0.481 e. The smallest absolute Gasteiger partial charge is 0.409 e. The SMILES string of the molecule is COC(=O)N1CC[C@@]2(C1)CN(C(=O)Nc1ncc(SCC(=O)O)s1)c1ccc(Br)cc12. The highest BCUT2D eigenvalue weighted by Gasteiger charge is 2.50. The Kier molecular flexibility index (Phi) is 6.13. The minimum absolute atomic E-state index is 0.0663. The van der Waals surface area contributed by atoms with Gasteiger partial charge in [-0.1, -0.05) is 27.3 Å². The van der Waals surface area contributed by atoms with Crippen molar-refractivity contribution < 1.29 is 24.2 Å². The van der Waals surface area contributed by atoms with Gasteiger partial charge in [0.15, 0.2) is 5.13 Å². The summed E-state index contributed by atoms with van der Waals surface area (Å²) in [7, 11) is 1.36.